The van der Waals surface area contributed by atoms with Crippen LogP contribution in [0.2, 0.25) is 0 Å². The molecule has 0 bridgehead atoms. The number of aromatic nitrogens is 2. The summed E-state index contributed by atoms with van der Waals surface area (Å²) in [6.07, 6.45) is 10.5. The van der Waals surface area contributed by atoms with Crippen molar-refractivity contribution in [2.75, 3.05) is 26.7 Å². The second-order valence-electron chi connectivity index (χ2n) is 6.57. The highest BCUT2D eigenvalue weighted by Gasteiger charge is 2.43. The zero-order valence-corrected chi connectivity index (χ0v) is 12.9. The van der Waals surface area contributed by atoms with Crippen molar-refractivity contribution in [1.82, 2.24) is 20.0 Å². The van der Waals surface area contributed by atoms with Crippen molar-refractivity contribution in [3.05, 3.63) is 18.5 Å². The van der Waals surface area contributed by atoms with Crippen LogP contribution in [-0.4, -0.2) is 47.3 Å². The van der Waals surface area contributed by atoms with Gasteiger partial charge >= 0.3 is 0 Å². The third-order valence-electron chi connectivity index (χ3n) is 5.13. The van der Waals surface area contributed by atoms with E-state index in [4.69, 9.17) is 0 Å². The van der Waals surface area contributed by atoms with Gasteiger partial charge in [0.15, 0.2) is 0 Å². The predicted molar refractivity (Wildman–Crippen MR) is 81.9 cm³/mol. The average Bonchev–Trinajstić information content (AvgIpc) is 3.20. The first kappa shape index (κ1) is 14.6. The number of nitrogens with zero attached hydrogens (tertiary/aromatic N) is 3. The second kappa shape index (κ2) is 6.18. The fourth-order valence-electron chi connectivity index (χ4n) is 3.92. The summed E-state index contributed by atoms with van der Waals surface area (Å²) in [5.41, 5.74) is -0.484. The van der Waals surface area contributed by atoms with Crippen molar-refractivity contribution in [1.29, 1.82) is 0 Å². The van der Waals surface area contributed by atoms with E-state index in [1.807, 2.05) is 28.9 Å². The van der Waals surface area contributed by atoms with Gasteiger partial charge in [0, 0.05) is 26.0 Å². The van der Waals surface area contributed by atoms with E-state index in [0.29, 0.717) is 5.92 Å². The Morgan fingerprint density at radius 3 is 2.71 bits per heavy atom. The highest BCUT2D eigenvalue weighted by Crippen LogP contribution is 2.31. The number of hydrogen-bond acceptors (Lipinski definition) is 3. The zero-order chi connectivity index (χ0) is 14.7. The fourth-order valence-corrected chi connectivity index (χ4v) is 3.92. The molecule has 1 aromatic heterocycles. The Morgan fingerprint density at radius 1 is 1.38 bits per heavy atom. The first-order valence-corrected chi connectivity index (χ1v) is 8.19. The molecule has 5 heteroatoms. The van der Waals surface area contributed by atoms with Crippen LogP contribution in [0.5, 0.6) is 0 Å². The van der Waals surface area contributed by atoms with Gasteiger partial charge in [-0.2, -0.15) is 5.10 Å². The van der Waals surface area contributed by atoms with Crippen molar-refractivity contribution in [3.8, 4) is 0 Å². The normalized spacial score (nSPS) is 22.3. The van der Waals surface area contributed by atoms with Crippen molar-refractivity contribution in [2.45, 2.75) is 44.1 Å². The van der Waals surface area contributed by atoms with Gasteiger partial charge in [0.2, 0.25) is 5.91 Å². The smallest absolute Gasteiger partial charge is 0.250 e. The van der Waals surface area contributed by atoms with E-state index in [9.17, 15) is 4.79 Å². The first-order valence-electron chi connectivity index (χ1n) is 8.19. The number of carbonyl (C=O) groups is 1. The lowest BCUT2D eigenvalue weighted by atomic mass is 9.86. The molecule has 5 nitrogen and oxygen atoms in total. The van der Waals surface area contributed by atoms with Crippen LogP contribution in [0.3, 0.4) is 0 Å². The van der Waals surface area contributed by atoms with E-state index < -0.39 is 5.54 Å². The minimum absolute atomic E-state index is 0.236. The van der Waals surface area contributed by atoms with Gasteiger partial charge < -0.3 is 10.2 Å². The lowest BCUT2D eigenvalue weighted by molar-refractivity contribution is -0.142. The molecule has 0 unspecified atom stereocenters. The molecule has 1 aliphatic heterocycles. The molecular formula is C16H26N4O. The highest BCUT2D eigenvalue weighted by molar-refractivity contribution is 5.84. The van der Waals surface area contributed by atoms with Gasteiger partial charge in [0.05, 0.1) is 0 Å². The van der Waals surface area contributed by atoms with E-state index in [0.717, 1.165) is 32.5 Å². The fraction of sp³-hybridized carbons (Fsp3) is 0.750. The van der Waals surface area contributed by atoms with Crippen LogP contribution in [-0.2, 0) is 10.3 Å². The summed E-state index contributed by atoms with van der Waals surface area (Å²) in [6, 6.07) is 1.91. The Kier molecular flexibility index (Phi) is 4.29. The van der Waals surface area contributed by atoms with Gasteiger partial charge in [-0.05, 0) is 50.8 Å². The second-order valence-corrected chi connectivity index (χ2v) is 6.57. The Hall–Kier alpha value is -1.36. The van der Waals surface area contributed by atoms with E-state index >= 15 is 0 Å². The van der Waals surface area contributed by atoms with E-state index in [2.05, 4.69) is 10.4 Å². The number of piperidine rings is 1. The molecule has 1 N–H and O–H groups in total. The van der Waals surface area contributed by atoms with E-state index in [-0.39, 0.29) is 5.91 Å². The minimum atomic E-state index is -0.484. The molecule has 1 aliphatic carbocycles. The maximum atomic E-state index is 13.1. The summed E-state index contributed by atoms with van der Waals surface area (Å²) in [5, 5.41) is 7.75. The molecule has 2 aliphatic rings. The molecule has 1 saturated heterocycles. The SMILES string of the molecule is CN(CC1CCCC1)C(=O)C1(n2cccn2)CCNCC1. The van der Waals surface area contributed by atoms with Crippen LogP contribution >= 0.6 is 0 Å². The Morgan fingerprint density at radius 2 is 2.10 bits per heavy atom. The lowest BCUT2D eigenvalue weighted by Gasteiger charge is -2.39. The number of carbonyl (C=O) groups excluding carboxylic acids is 1. The number of nitrogens with one attached hydrogen (secondary N) is 1. The molecule has 1 aromatic rings. The van der Waals surface area contributed by atoms with Crippen LogP contribution in [0.1, 0.15) is 38.5 Å². The topological polar surface area (TPSA) is 50.2 Å². The van der Waals surface area contributed by atoms with Crippen LogP contribution in [0.15, 0.2) is 18.5 Å². The molecule has 0 atom stereocenters. The minimum Gasteiger partial charge on any atom is -0.343 e. The van der Waals surface area contributed by atoms with E-state index in [1.165, 1.54) is 25.7 Å². The molecule has 21 heavy (non-hydrogen) atoms. The summed E-state index contributed by atoms with van der Waals surface area (Å²) in [6.45, 7) is 2.65. The number of hydrogen-bond donors (Lipinski definition) is 1. The van der Waals surface area contributed by atoms with Crippen LogP contribution < -0.4 is 5.32 Å². The Balaban J connectivity index is 1.77. The van der Waals surface area contributed by atoms with Crippen molar-refractivity contribution < 1.29 is 4.79 Å². The third kappa shape index (κ3) is 2.84. The van der Waals surface area contributed by atoms with Gasteiger partial charge in [-0.15, -0.1) is 0 Å². The average molecular weight is 290 g/mol. The van der Waals surface area contributed by atoms with Crippen LogP contribution in [0.4, 0.5) is 0 Å². The van der Waals surface area contributed by atoms with Crippen molar-refractivity contribution in [2.24, 2.45) is 5.92 Å². The van der Waals surface area contributed by atoms with Gasteiger partial charge in [-0.3, -0.25) is 9.48 Å². The van der Waals surface area contributed by atoms with Gasteiger partial charge in [-0.25, -0.2) is 0 Å². The summed E-state index contributed by atoms with van der Waals surface area (Å²) >= 11 is 0. The molecular weight excluding hydrogens is 264 g/mol. The summed E-state index contributed by atoms with van der Waals surface area (Å²) in [4.78, 5) is 15.1. The van der Waals surface area contributed by atoms with Gasteiger partial charge in [0.25, 0.3) is 0 Å². The maximum absolute atomic E-state index is 13.1. The molecule has 0 aromatic carbocycles. The molecule has 1 amide bonds. The standard InChI is InChI=1S/C16H26N4O/c1-19(13-14-5-2-3-6-14)15(21)16(7-10-17-11-8-16)20-12-4-9-18-20/h4,9,12,14,17H,2-3,5-8,10-11,13H2,1H3. The molecule has 116 valence electrons. The third-order valence-corrected chi connectivity index (χ3v) is 5.13. The Bertz CT molecular complexity index is 459. The molecule has 2 heterocycles. The van der Waals surface area contributed by atoms with Crippen LogP contribution in [0, 0.1) is 5.92 Å². The van der Waals surface area contributed by atoms with Crippen LogP contribution in [0.25, 0.3) is 0 Å². The molecule has 0 spiro atoms. The highest BCUT2D eigenvalue weighted by atomic mass is 16.2. The maximum Gasteiger partial charge on any atom is 0.250 e. The molecule has 3 rings (SSSR count). The molecule has 2 fully saturated rings. The first-order chi connectivity index (χ1) is 10.2. The largest absolute Gasteiger partial charge is 0.343 e. The molecule has 1 saturated carbocycles. The van der Waals surface area contributed by atoms with Crippen molar-refractivity contribution >= 4 is 5.91 Å². The number of rotatable bonds is 4. The van der Waals surface area contributed by atoms with Crippen molar-refractivity contribution in [3.63, 3.8) is 0 Å². The number of amides is 1. The predicted octanol–water partition coefficient (Wildman–Crippen LogP) is 1.61. The molecule has 0 radical (unpaired) electrons. The quantitative estimate of drug-likeness (QED) is 0.916. The lowest BCUT2D eigenvalue weighted by Crippen LogP contribution is -2.55. The summed E-state index contributed by atoms with van der Waals surface area (Å²) < 4.78 is 1.89. The number of likely N-dealkylation sites (N-methyl/N-ethyl adjacent to an activating group) is 1. The van der Waals surface area contributed by atoms with Gasteiger partial charge in [0.1, 0.15) is 5.54 Å². The monoisotopic (exact) mass is 290 g/mol. The van der Waals surface area contributed by atoms with Gasteiger partial charge in [-0.1, -0.05) is 12.8 Å². The summed E-state index contributed by atoms with van der Waals surface area (Å²) in [7, 11) is 1.97. The summed E-state index contributed by atoms with van der Waals surface area (Å²) in [5.74, 6) is 0.926. The Labute approximate surface area is 126 Å². The zero-order valence-electron chi connectivity index (χ0n) is 12.9. The van der Waals surface area contributed by atoms with E-state index in [1.54, 1.807) is 6.20 Å².